The third-order valence-electron chi connectivity index (χ3n) is 5.28. The molecule has 3 aliphatic carbocycles. The smallest absolute Gasteiger partial charge is 0.408 e. The highest BCUT2D eigenvalue weighted by Gasteiger charge is 2.73. The quantitative estimate of drug-likeness (QED) is 0.872. The molecule has 1 amide bonds. The van der Waals surface area contributed by atoms with Gasteiger partial charge >= 0.3 is 12.1 Å². The largest absolute Gasteiger partial charge is 0.480 e. The van der Waals surface area contributed by atoms with Crippen molar-refractivity contribution in [3.8, 4) is 0 Å². The molecule has 0 heterocycles. The highest BCUT2D eigenvalue weighted by atomic mass is 19.1. The van der Waals surface area contributed by atoms with Crippen molar-refractivity contribution in [3.63, 3.8) is 0 Å². The average molecular weight is 349 g/mol. The highest BCUT2D eigenvalue weighted by Crippen LogP contribution is 2.75. The number of amides is 1. The van der Waals surface area contributed by atoms with Crippen LogP contribution in [-0.4, -0.2) is 28.8 Å². The second-order valence-electron chi connectivity index (χ2n) is 8.57. The number of hydrogen-bond donors (Lipinski definition) is 2. The van der Waals surface area contributed by atoms with E-state index in [-0.39, 0.29) is 11.2 Å². The van der Waals surface area contributed by atoms with E-state index < -0.39 is 29.1 Å². The number of halogens is 1. The van der Waals surface area contributed by atoms with Crippen LogP contribution in [0.2, 0.25) is 0 Å². The number of rotatable bonds is 4. The minimum absolute atomic E-state index is 0.245. The summed E-state index contributed by atoms with van der Waals surface area (Å²) in [6, 6.07) is 4.02. The fraction of sp³-hybridized carbons (Fsp3) is 0.579. The lowest BCUT2D eigenvalue weighted by Gasteiger charge is -2.72. The molecule has 4 rings (SSSR count). The number of hydrogen-bond acceptors (Lipinski definition) is 3. The van der Waals surface area contributed by atoms with E-state index in [4.69, 9.17) is 4.74 Å². The molecule has 1 aromatic carbocycles. The van der Waals surface area contributed by atoms with Crippen molar-refractivity contribution in [1.82, 2.24) is 5.32 Å². The molecule has 0 aromatic heterocycles. The fourth-order valence-electron chi connectivity index (χ4n) is 4.41. The van der Waals surface area contributed by atoms with E-state index in [0.717, 1.165) is 5.56 Å². The summed E-state index contributed by atoms with van der Waals surface area (Å²) in [6.07, 6.45) is 0.952. The van der Waals surface area contributed by atoms with Gasteiger partial charge in [-0.05, 0) is 58.6 Å². The maximum atomic E-state index is 14.2. The first-order chi connectivity index (χ1) is 11.5. The van der Waals surface area contributed by atoms with Crippen molar-refractivity contribution < 1.29 is 23.8 Å². The lowest BCUT2D eigenvalue weighted by molar-refractivity contribution is -0.184. The third kappa shape index (κ3) is 2.98. The van der Waals surface area contributed by atoms with Gasteiger partial charge in [-0.2, -0.15) is 0 Å². The van der Waals surface area contributed by atoms with Gasteiger partial charge in [0.15, 0.2) is 0 Å². The van der Waals surface area contributed by atoms with E-state index in [1.54, 1.807) is 26.8 Å². The van der Waals surface area contributed by atoms with E-state index in [1.807, 2.05) is 13.0 Å². The molecule has 5 nitrogen and oxygen atoms in total. The summed E-state index contributed by atoms with van der Waals surface area (Å²) < 4.78 is 19.4. The van der Waals surface area contributed by atoms with Gasteiger partial charge in [-0.1, -0.05) is 17.7 Å². The maximum Gasteiger partial charge on any atom is 0.408 e. The number of aliphatic carboxylic acids is 1. The summed E-state index contributed by atoms with van der Waals surface area (Å²) in [5, 5.41) is 12.0. The van der Waals surface area contributed by atoms with Gasteiger partial charge in [-0.15, -0.1) is 0 Å². The molecular weight excluding hydrogens is 325 g/mol. The fourth-order valence-corrected chi connectivity index (χ4v) is 4.41. The number of carboxylic acids is 1. The summed E-state index contributed by atoms with van der Waals surface area (Å²) in [7, 11) is 0. The molecule has 1 unspecified atom stereocenters. The van der Waals surface area contributed by atoms with Crippen LogP contribution in [0.5, 0.6) is 0 Å². The minimum atomic E-state index is -1.08. The van der Waals surface area contributed by atoms with Gasteiger partial charge in [0.05, 0.1) is 0 Å². The molecule has 6 heteroatoms. The van der Waals surface area contributed by atoms with Gasteiger partial charge in [-0.25, -0.2) is 14.0 Å². The highest BCUT2D eigenvalue weighted by molar-refractivity contribution is 5.82. The molecule has 2 bridgehead atoms. The Balaban J connectivity index is 1.72. The second kappa shape index (κ2) is 5.44. The molecule has 3 saturated carbocycles. The first-order valence-electron chi connectivity index (χ1n) is 8.45. The number of carbonyl (C=O) groups is 2. The number of carboxylic acid groups (broad SMARTS) is 1. The molecule has 3 aliphatic rings. The predicted octanol–water partition coefficient (Wildman–Crippen LogP) is 3.53. The van der Waals surface area contributed by atoms with Crippen LogP contribution in [0.1, 0.15) is 51.2 Å². The van der Waals surface area contributed by atoms with E-state index in [9.17, 15) is 19.1 Å². The Labute approximate surface area is 146 Å². The number of carbonyl (C=O) groups excluding carboxylic acids is 1. The molecule has 2 N–H and O–H groups in total. The molecule has 25 heavy (non-hydrogen) atoms. The van der Waals surface area contributed by atoms with Crippen molar-refractivity contribution >= 4 is 12.1 Å². The maximum absolute atomic E-state index is 14.2. The van der Waals surface area contributed by atoms with Crippen LogP contribution in [0.15, 0.2) is 18.2 Å². The van der Waals surface area contributed by atoms with Gasteiger partial charge in [0, 0.05) is 10.8 Å². The van der Waals surface area contributed by atoms with Crippen molar-refractivity contribution in [2.75, 3.05) is 0 Å². The summed E-state index contributed by atoms with van der Waals surface area (Å²) >= 11 is 0. The molecule has 0 radical (unpaired) electrons. The number of alkyl carbamates (subject to hydrolysis) is 1. The molecule has 0 spiro atoms. The van der Waals surface area contributed by atoms with Crippen LogP contribution < -0.4 is 5.32 Å². The van der Waals surface area contributed by atoms with E-state index in [1.165, 1.54) is 6.07 Å². The summed E-state index contributed by atoms with van der Waals surface area (Å²) in [4.78, 5) is 23.7. The second-order valence-corrected chi connectivity index (χ2v) is 8.57. The Morgan fingerprint density at radius 3 is 2.40 bits per heavy atom. The molecule has 136 valence electrons. The first-order valence-corrected chi connectivity index (χ1v) is 8.45. The van der Waals surface area contributed by atoms with Crippen LogP contribution in [0.3, 0.4) is 0 Å². The SMILES string of the molecule is Cc1ccc(F)c(C23CC(C(NC(=O)OC(C)(C)C)C(=O)O)(C2)C3)c1. The Morgan fingerprint density at radius 1 is 1.28 bits per heavy atom. The molecule has 1 aromatic rings. The van der Waals surface area contributed by atoms with Crippen LogP contribution in [0.25, 0.3) is 0 Å². The Kier molecular flexibility index (Phi) is 3.86. The zero-order valence-electron chi connectivity index (χ0n) is 15.0. The zero-order chi connectivity index (χ0) is 18.6. The Hall–Kier alpha value is -2.11. The van der Waals surface area contributed by atoms with Gasteiger partial charge in [0.1, 0.15) is 17.5 Å². The van der Waals surface area contributed by atoms with E-state index in [2.05, 4.69) is 5.32 Å². The predicted molar refractivity (Wildman–Crippen MR) is 89.9 cm³/mol. The first kappa shape index (κ1) is 17.7. The number of nitrogens with one attached hydrogen (secondary N) is 1. The molecule has 0 aliphatic heterocycles. The standard InChI is InChI=1S/C19H24FNO4/c1-11-5-6-13(20)12(7-11)18-8-19(9-18,10-18)14(15(22)23)21-16(24)25-17(2,3)4/h5-7,14H,8-10H2,1-4H3,(H,21,24)(H,22,23). The molecular formula is C19H24FNO4. The van der Waals surface area contributed by atoms with E-state index >= 15 is 0 Å². The van der Waals surface area contributed by atoms with Crippen molar-refractivity contribution in [3.05, 3.63) is 35.1 Å². The van der Waals surface area contributed by atoms with Crippen molar-refractivity contribution in [2.45, 2.75) is 64.0 Å². The average Bonchev–Trinajstić information content (AvgIpc) is 2.36. The molecule has 0 saturated heterocycles. The Bertz CT molecular complexity index is 718. The van der Waals surface area contributed by atoms with Gasteiger partial charge in [0.25, 0.3) is 0 Å². The van der Waals surface area contributed by atoms with Crippen molar-refractivity contribution in [2.24, 2.45) is 5.41 Å². The monoisotopic (exact) mass is 349 g/mol. The Morgan fingerprint density at radius 2 is 1.88 bits per heavy atom. The summed E-state index contributed by atoms with van der Waals surface area (Å²) in [5.41, 5.74) is 0.143. The summed E-state index contributed by atoms with van der Waals surface area (Å²) in [6.45, 7) is 7.07. The minimum Gasteiger partial charge on any atom is -0.480 e. The van der Waals surface area contributed by atoms with Crippen molar-refractivity contribution in [1.29, 1.82) is 0 Å². The van der Waals surface area contributed by atoms with Crippen LogP contribution >= 0.6 is 0 Å². The number of benzene rings is 1. The third-order valence-corrected chi connectivity index (χ3v) is 5.28. The number of ether oxygens (including phenoxy) is 1. The normalized spacial score (nSPS) is 28.4. The molecule has 3 fully saturated rings. The van der Waals surface area contributed by atoms with E-state index in [0.29, 0.717) is 24.8 Å². The lowest BCUT2D eigenvalue weighted by Crippen LogP contribution is -2.73. The topological polar surface area (TPSA) is 75.6 Å². The van der Waals surface area contributed by atoms with Crippen LogP contribution in [-0.2, 0) is 14.9 Å². The molecule has 1 atom stereocenters. The zero-order valence-corrected chi connectivity index (χ0v) is 15.0. The summed E-state index contributed by atoms with van der Waals surface area (Å²) in [5.74, 6) is -1.32. The van der Waals surface area contributed by atoms with Gasteiger partial charge in [-0.3, -0.25) is 0 Å². The van der Waals surface area contributed by atoms with Gasteiger partial charge in [0.2, 0.25) is 0 Å². The van der Waals surface area contributed by atoms with Gasteiger partial charge < -0.3 is 15.2 Å². The van der Waals surface area contributed by atoms with Crippen LogP contribution in [0, 0.1) is 18.2 Å². The number of aryl methyl sites for hydroxylation is 1. The lowest BCUT2D eigenvalue weighted by atomic mass is 9.31. The van der Waals surface area contributed by atoms with Crippen LogP contribution in [0.4, 0.5) is 9.18 Å².